The van der Waals surface area contributed by atoms with Gasteiger partial charge in [-0.1, -0.05) is 75.7 Å². The first-order valence-electron chi connectivity index (χ1n) is 10.7. The smallest absolute Gasteiger partial charge is 0.0110 e. The quantitative estimate of drug-likeness (QED) is 0.505. The Morgan fingerprint density at radius 3 is 1.92 bits per heavy atom. The van der Waals surface area contributed by atoms with Crippen LogP contribution in [0.15, 0.2) is 4.90 Å². The number of rotatable bonds is 5. The molecule has 1 unspecified atom stereocenters. The Balaban J connectivity index is 2.79. The summed E-state index contributed by atoms with van der Waals surface area (Å²) >= 11 is 5.16. The molecule has 26 heavy (non-hydrogen) atoms. The minimum Gasteiger partial charge on any atom is -0.143 e. The zero-order valence-corrected chi connectivity index (χ0v) is 20.0. The Morgan fingerprint density at radius 1 is 0.962 bits per heavy atom. The van der Waals surface area contributed by atoms with Gasteiger partial charge in [-0.05, 0) is 75.7 Å². The molecule has 0 saturated heterocycles. The molecule has 0 bridgehead atoms. The summed E-state index contributed by atoms with van der Waals surface area (Å²) in [5.74, 6) is 0.691. The highest BCUT2D eigenvalue weighted by Crippen LogP contribution is 2.50. The largest absolute Gasteiger partial charge is 0.143 e. The maximum atomic E-state index is 5.16. The van der Waals surface area contributed by atoms with E-state index in [9.17, 15) is 0 Å². The van der Waals surface area contributed by atoms with Gasteiger partial charge in [-0.25, -0.2) is 0 Å². The Hall–Kier alpha value is -0.430. The molecule has 1 aliphatic carbocycles. The lowest BCUT2D eigenvalue weighted by Crippen LogP contribution is -2.24. The molecule has 1 atom stereocenters. The van der Waals surface area contributed by atoms with E-state index in [1.165, 1.54) is 24.2 Å². The van der Waals surface area contributed by atoms with Crippen molar-refractivity contribution in [1.82, 2.24) is 0 Å². The Labute approximate surface area is 169 Å². The van der Waals surface area contributed by atoms with E-state index in [0.29, 0.717) is 16.7 Å². The number of thiol groups is 1. The standard InChI is InChI=1S/C25H42S/c1-11-17-19(13-24(8,9)12-2)22(26)20-15-25(10,16(3)4)14-18(20)21(17)23(5,6)7/h16,26H,11-15H2,1-10H3. The second-order valence-electron chi connectivity index (χ2n) is 11.1. The van der Waals surface area contributed by atoms with Crippen molar-refractivity contribution in [3.63, 3.8) is 0 Å². The second-order valence-corrected chi connectivity index (χ2v) is 11.5. The van der Waals surface area contributed by atoms with Gasteiger partial charge in [-0.15, -0.1) is 12.6 Å². The van der Waals surface area contributed by atoms with E-state index in [4.69, 9.17) is 12.6 Å². The van der Waals surface area contributed by atoms with Crippen molar-refractivity contribution in [2.24, 2.45) is 16.7 Å². The molecule has 1 aromatic carbocycles. The summed E-state index contributed by atoms with van der Waals surface area (Å²) in [5, 5.41) is 0. The molecular formula is C25H42S. The van der Waals surface area contributed by atoms with E-state index < -0.39 is 0 Å². The van der Waals surface area contributed by atoms with Crippen LogP contribution in [0.1, 0.15) is 103 Å². The van der Waals surface area contributed by atoms with Crippen molar-refractivity contribution < 1.29 is 0 Å². The third kappa shape index (κ3) is 3.89. The maximum absolute atomic E-state index is 5.16. The lowest BCUT2D eigenvalue weighted by atomic mass is 9.73. The van der Waals surface area contributed by atoms with Crippen LogP contribution in [0.25, 0.3) is 0 Å². The van der Waals surface area contributed by atoms with Gasteiger partial charge < -0.3 is 0 Å². The number of benzene rings is 1. The van der Waals surface area contributed by atoms with Crippen molar-refractivity contribution in [2.75, 3.05) is 0 Å². The van der Waals surface area contributed by atoms with Crippen molar-refractivity contribution >= 4 is 12.6 Å². The molecular weight excluding hydrogens is 332 g/mol. The zero-order valence-electron chi connectivity index (χ0n) is 19.1. The van der Waals surface area contributed by atoms with Crippen molar-refractivity contribution in [3.05, 3.63) is 27.8 Å². The lowest BCUT2D eigenvalue weighted by molar-refractivity contribution is 0.233. The van der Waals surface area contributed by atoms with E-state index in [0.717, 1.165) is 12.8 Å². The minimum absolute atomic E-state index is 0.185. The van der Waals surface area contributed by atoms with Gasteiger partial charge >= 0.3 is 0 Å². The minimum atomic E-state index is 0.185. The average molecular weight is 375 g/mol. The molecule has 0 aromatic heterocycles. The van der Waals surface area contributed by atoms with Crippen LogP contribution in [0.2, 0.25) is 0 Å². The van der Waals surface area contributed by atoms with E-state index >= 15 is 0 Å². The van der Waals surface area contributed by atoms with Crippen LogP contribution in [-0.2, 0) is 31.1 Å². The number of hydrogen-bond acceptors (Lipinski definition) is 1. The molecule has 1 aromatic rings. The van der Waals surface area contributed by atoms with E-state index in [1.54, 1.807) is 27.8 Å². The van der Waals surface area contributed by atoms with Crippen molar-refractivity contribution in [2.45, 2.75) is 112 Å². The predicted molar refractivity (Wildman–Crippen MR) is 120 cm³/mol. The molecule has 0 amide bonds. The summed E-state index contributed by atoms with van der Waals surface area (Å²) in [7, 11) is 0. The monoisotopic (exact) mass is 374 g/mol. The molecule has 0 radical (unpaired) electrons. The number of fused-ring (bicyclic) bond motifs is 1. The predicted octanol–water partition coefficient (Wildman–Crippen LogP) is 7.57. The van der Waals surface area contributed by atoms with Gasteiger partial charge in [0, 0.05) is 4.90 Å². The highest BCUT2D eigenvalue weighted by atomic mass is 32.1. The summed E-state index contributed by atoms with van der Waals surface area (Å²) in [6.45, 7) is 23.9. The molecule has 0 saturated carbocycles. The van der Waals surface area contributed by atoms with Gasteiger partial charge in [0.2, 0.25) is 0 Å². The van der Waals surface area contributed by atoms with Gasteiger partial charge in [-0.3, -0.25) is 0 Å². The first-order valence-corrected chi connectivity index (χ1v) is 11.1. The molecule has 0 heterocycles. The third-order valence-corrected chi connectivity index (χ3v) is 7.71. The summed E-state index contributed by atoms with van der Waals surface area (Å²) in [6.07, 6.45) is 5.85. The third-order valence-electron chi connectivity index (χ3n) is 7.17. The van der Waals surface area contributed by atoms with Gasteiger partial charge in [0.25, 0.3) is 0 Å². The molecule has 0 N–H and O–H groups in total. The fourth-order valence-corrected chi connectivity index (χ4v) is 5.13. The zero-order chi connectivity index (χ0) is 20.1. The van der Waals surface area contributed by atoms with Crippen LogP contribution in [0.4, 0.5) is 0 Å². The summed E-state index contributed by atoms with van der Waals surface area (Å²) in [5.41, 5.74) is 8.84. The molecule has 0 spiro atoms. The van der Waals surface area contributed by atoms with Crippen molar-refractivity contribution in [1.29, 1.82) is 0 Å². The molecule has 1 aliphatic rings. The van der Waals surface area contributed by atoms with Crippen LogP contribution in [0.5, 0.6) is 0 Å². The van der Waals surface area contributed by atoms with Crippen LogP contribution >= 0.6 is 12.6 Å². The molecule has 2 rings (SSSR count). The SMILES string of the molecule is CCc1c(CC(C)(C)CC)c(S)c2c(c1C(C)(C)C)CC(C)(C(C)C)C2. The highest BCUT2D eigenvalue weighted by molar-refractivity contribution is 7.80. The van der Waals surface area contributed by atoms with E-state index in [2.05, 4.69) is 69.2 Å². The van der Waals surface area contributed by atoms with Crippen LogP contribution in [0, 0.1) is 16.7 Å². The van der Waals surface area contributed by atoms with Crippen LogP contribution < -0.4 is 0 Å². The normalized spacial score (nSPS) is 20.8. The number of hydrogen-bond donors (Lipinski definition) is 1. The summed E-state index contributed by atoms with van der Waals surface area (Å²) < 4.78 is 0. The Bertz CT molecular complexity index is 673. The first-order chi connectivity index (χ1) is 11.8. The fraction of sp³-hybridized carbons (Fsp3) is 0.760. The fourth-order valence-electron chi connectivity index (χ4n) is 4.71. The highest BCUT2D eigenvalue weighted by Gasteiger charge is 2.41. The molecule has 0 nitrogen and oxygen atoms in total. The van der Waals surface area contributed by atoms with Gasteiger partial charge in [-0.2, -0.15) is 0 Å². The topological polar surface area (TPSA) is 0 Å². The van der Waals surface area contributed by atoms with Crippen LogP contribution in [0.3, 0.4) is 0 Å². The van der Waals surface area contributed by atoms with Crippen LogP contribution in [-0.4, -0.2) is 0 Å². The summed E-state index contributed by atoms with van der Waals surface area (Å²) in [6, 6.07) is 0. The molecule has 0 fully saturated rings. The van der Waals surface area contributed by atoms with Gasteiger partial charge in [0.05, 0.1) is 0 Å². The molecule has 148 valence electrons. The van der Waals surface area contributed by atoms with E-state index in [1.807, 2.05) is 0 Å². The van der Waals surface area contributed by atoms with Gasteiger partial charge in [0.1, 0.15) is 0 Å². The summed E-state index contributed by atoms with van der Waals surface area (Å²) in [4.78, 5) is 1.32. The molecule has 0 aliphatic heterocycles. The van der Waals surface area contributed by atoms with Gasteiger partial charge in [0.15, 0.2) is 0 Å². The first kappa shape index (κ1) is 21.9. The Morgan fingerprint density at radius 2 is 1.50 bits per heavy atom. The van der Waals surface area contributed by atoms with E-state index in [-0.39, 0.29) is 5.41 Å². The average Bonchev–Trinajstić information content (AvgIpc) is 2.87. The second kappa shape index (κ2) is 7.19. The van der Waals surface area contributed by atoms with Crippen molar-refractivity contribution in [3.8, 4) is 0 Å². The maximum Gasteiger partial charge on any atom is 0.0110 e. The Kier molecular flexibility index (Phi) is 6.05. The molecule has 1 heteroatoms. The lowest BCUT2D eigenvalue weighted by Gasteiger charge is -2.33.